The summed E-state index contributed by atoms with van der Waals surface area (Å²) in [7, 11) is 0. The van der Waals surface area contributed by atoms with Crippen LogP contribution in [0.3, 0.4) is 0 Å². The second-order valence-electron chi connectivity index (χ2n) is 5.75. The second kappa shape index (κ2) is 7.59. The Bertz CT molecular complexity index is 641. The molecule has 0 aliphatic heterocycles. The molecule has 0 radical (unpaired) electrons. The molecule has 0 heterocycles. The van der Waals surface area contributed by atoms with Crippen LogP contribution in [0.25, 0.3) is 0 Å². The molecule has 114 valence electrons. The van der Waals surface area contributed by atoms with Crippen LogP contribution < -0.4 is 4.46 Å². The molecule has 2 aromatic carbocycles. The van der Waals surface area contributed by atoms with Gasteiger partial charge in [-0.2, -0.15) is 0 Å². The quantitative estimate of drug-likeness (QED) is 0.676. The summed E-state index contributed by atoms with van der Waals surface area (Å²) in [4.78, 5) is 13.1. The topological polar surface area (TPSA) is 17.1 Å². The van der Waals surface area contributed by atoms with Crippen molar-refractivity contribution >= 4 is 41.1 Å². The van der Waals surface area contributed by atoms with Crippen LogP contribution in [0.2, 0.25) is 4.82 Å². The van der Waals surface area contributed by atoms with E-state index in [9.17, 15) is 4.79 Å². The van der Waals surface area contributed by atoms with Crippen LogP contribution in [0.4, 0.5) is 0 Å². The summed E-state index contributed by atoms with van der Waals surface area (Å²) in [5.41, 5.74) is 1.26. The fourth-order valence-electron chi connectivity index (χ4n) is 3.01. The summed E-state index contributed by atoms with van der Waals surface area (Å²) < 4.78 is 2.47. The minimum atomic E-state index is 0.197. The van der Waals surface area contributed by atoms with Crippen molar-refractivity contribution in [1.82, 2.24) is 0 Å². The molecule has 0 unspecified atom stereocenters. The third-order valence-electron chi connectivity index (χ3n) is 4.18. The number of halogens is 1. The summed E-state index contributed by atoms with van der Waals surface area (Å²) in [5.74, 6) is 0.689. The van der Waals surface area contributed by atoms with Crippen molar-refractivity contribution in [2.24, 2.45) is 5.92 Å². The third kappa shape index (κ3) is 3.90. The zero-order chi connectivity index (χ0) is 15.4. The van der Waals surface area contributed by atoms with Crippen LogP contribution in [0, 0.1) is 5.92 Å². The Kier molecular flexibility index (Phi) is 5.51. The number of carbonyl (C=O) groups is 1. The minimum absolute atomic E-state index is 0.197. The van der Waals surface area contributed by atoms with Gasteiger partial charge in [0, 0.05) is 0 Å². The van der Waals surface area contributed by atoms with Gasteiger partial charge in [-0.05, 0) is 0 Å². The molecule has 3 rings (SSSR count). The molecule has 1 aliphatic carbocycles. The van der Waals surface area contributed by atoms with Crippen LogP contribution in [-0.2, 0) is 11.2 Å². The fourth-order valence-corrected chi connectivity index (χ4v) is 6.05. The molecule has 0 spiro atoms. The number of benzene rings is 2. The molecule has 1 aliphatic rings. The monoisotopic (exact) mass is 422 g/mol. The molecule has 0 aromatic heterocycles. The van der Waals surface area contributed by atoms with E-state index in [0.29, 0.717) is 5.78 Å². The van der Waals surface area contributed by atoms with Crippen molar-refractivity contribution in [3.8, 4) is 0 Å². The van der Waals surface area contributed by atoms with Gasteiger partial charge in [0.05, 0.1) is 0 Å². The van der Waals surface area contributed by atoms with Gasteiger partial charge in [-0.15, -0.1) is 0 Å². The maximum absolute atomic E-state index is 12.8. The first kappa shape index (κ1) is 16.0. The van der Waals surface area contributed by atoms with Gasteiger partial charge in [-0.1, -0.05) is 0 Å². The van der Waals surface area contributed by atoms with Crippen molar-refractivity contribution in [2.75, 3.05) is 0 Å². The molecule has 22 heavy (non-hydrogen) atoms. The SMILES string of the molecule is O=C1[C@H](Cc2ccccc2Br)CCC[C@H]1[Se]c1ccccc1. The Morgan fingerprint density at radius 3 is 2.50 bits per heavy atom. The molecule has 0 amide bonds. The van der Waals surface area contributed by atoms with Gasteiger partial charge in [0.1, 0.15) is 0 Å². The van der Waals surface area contributed by atoms with Crippen molar-refractivity contribution in [2.45, 2.75) is 30.5 Å². The molecule has 1 saturated carbocycles. The van der Waals surface area contributed by atoms with Gasteiger partial charge < -0.3 is 0 Å². The average molecular weight is 422 g/mol. The molecule has 1 fully saturated rings. The van der Waals surface area contributed by atoms with Gasteiger partial charge in [0.2, 0.25) is 0 Å². The standard InChI is InChI=1S/C19H19BrOSe/c20-17-11-5-4-7-14(17)13-15-8-6-12-18(19(15)21)22-16-9-2-1-3-10-16/h1-5,7,9-11,15,18H,6,8,12-13H2/t15-,18+/m0/s1. The van der Waals surface area contributed by atoms with E-state index in [1.807, 2.05) is 12.1 Å². The number of ketones is 1. The maximum atomic E-state index is 12.8. The molecular formula is C19H19BrOSe. The Labute approximate surface area is 146 Å². The van der Waals surface area contributed by atoms with Crippen LogP contribution in [0.15, 0.2) is 59.1 Å². The molecule has 3 heteroatoms. The summed E-state index contributed by atoms with van der Waals surface area (Å²) in [5, 5.41) is 0. The number of hydrogen-bond acceptors (Lipinski definition) is 1. The first-order chi connectivity index (χ1) is 10.7. The van der Waals surface area contributed by atoms with Crippen molar-refractivity contribution < 1.29 is 4.79 Å². The van der Waals surface area contributed by atoms with Gasteiger partial charge in [0.15, 0.2) is 0 Å². The Morgan fingerprint density at radius 2 is 1.73 bits per heavy atom. The summed E-state index contributed by atoms with van der Waals surface area (Å²) in [6.45, 7) is 0. The van der Waals surface area contributed by atoms with Crippen LogP contribution in [-0.4, -0.2) is 20.7 Å². The predicted molar refractivity (Wildman–Crippen MR) is 95.8 cm³/mol. The summed E-state index contributed by atoms with van der Waals surface area (Å²) in [6.07, 6.45) is 4.17. The van der Waals surface area contributed by atoms with E-state index in [4.69, 9.17) is 0 Å². The van der Waals surface area contributed by atoms with Crippen LogP contribution in [0.5, 0.6) is 0 Å². The van der Waals surface area contributed by atoms with Gasteiger partial charge >= 0.3 is 147 Å². The van der Waals surface area contributed by atoms with E-state index in [1.54, 1.807) is 0 Å². The van der Waals surface area contributed by atoms with E-state index in [2.05, 4.69) is 58.4 Å². The van der Waals surface area contributed by atoms with Crippen LogP contribution in [0.1, 0.15) is 24.8 Å². The molecule has 0 saturated heterocycles. The van der Waals surface area contributed by atoms with Gasteiger partial charge in [-0.3, -0.25) is 0 Å². The van der Waals surface area contributed by atoms with Crippen molar-refractivity contribution in [3.63, 3.8) is 0 Å². The molecule has 0 bridgehead atoms. The predicted octanol–water partition coefficient (Wildman–Crippen LogP) is 4.18. The molecule has 0 N–H and O–H groups in total. The number of carbonyl (C=O) groups excluding carboxylic acids is 1. The average Bonchev–Trinajstić information content (AvgIpc) is 2.54. The number of rotatable bonds is 4. The van der Waals surface area contributed by atoms with E-state index >= 15 is 0 Å². The van der Waals surface area contributed by atoms with Gasteiger partial charge in [-0.25, -0.2) is 0 Å². The van der Waals surface area contributed by atoms with E-state index in [-0.39, 0.29) is 25.7 Å². The zero-order valence-electron chi connectivity index (χ0n) is 12.4. The van der Waals surface area contributed by atoms with E-state index in [1.165, 1.54) is 16.4 Å². The summed E-state index contributed by atoms with van der Waals surface area (Å²) >= 11 is 3.87. The van der Waals surface area contributed by atoms with E-state index < -0.39 is 0 Å². The molecule has 2 atom stereocenters. The molecule has 1 nitrogen and oxygen atoms in total. The molecule has 2 aromatic rings. The Balaban J connectivity index is 1.69. The second-order valence-corrected chi connectivity index (χ2v) is 9.28. The van der Waals surface area contributed by atoms with Gasteiger partial charge in [0.25, 0.3) is 0 Å². The normalized spacial score (nSPS) is 21.8. The Hall–Kier alpha value is -0.891. The van der Waals surface area contributed by atoms with Crippen molar-refractivity contribution in [1.29, 1.82) is 0 Å². The number of hydrogen-bond donors (Lipinski definition) is 0. The first-order valence-electron chi connectivity index (χ1n) is 7.73. The fraction of sp³-hybridized carbons (Fsp3) is 0.316. The van der Waals surface area contributed by atoms with E-state index in [0.717, 1.165) is 23.7 Å². The first-order valence-corrected chi connectivity index (χ1v) is 10.4. The Morgan fingerprint density at radius 1 is 1.00 bits per heavy atom. The number of Topliss-reactive ketones (excluding diaryl/α,β-unsaturated/α-hetero) is 1. The zero-order valence-corrected chi connectivity index (χ0v) is 15.7. The van der Waals surface area contributed by atoms with Crippen molar-refractivity contribution in [3.05, 3.63) is 64.6 Å². The molecular weight excluding hydrogens is 403 g/mol. The van der Waals surface area contributed by atoms with Crippen LogP contribution >= 0.6 is 15.9 Å². The summed E-state index contributed by atoms with van der Waals surface area (Å²) in [6, 6.07) is 18.8. The third-order valence-corrected chi connectivity index (χ3v) is 7.68.